The second-order valence-corrected chi connectivity index (χ2v) is 4.33. The molecule has 4 nitrogen and oxygen atoms in total. The Morgan fingerprint density at radius 3 is 2.80 bits per heavy atom. The van der Waals surface area contributed by atoms with Gasteiger partial charge in [0, 0.05) is 19.7 Å². The molecule has 0 spiro atoms. The van der Waals surface area contributed by atoms with Crippen molar-refractivity contribution in [2.24, 2.45) is 5.92 Å². The molecule has 1 saturated carbocycles. The maximum atomic E-state index is 5.63. The molecule has 15 heavy (non-hydrogen) atoms. The maximum Gasteiger partial charge on any atom is 0.133 e. The van der Waals surface area contributed by atoms with Gasteiger partial charge in [-0.25, -0.2) is 9.97 Å². The van der Waals surface area contributed by atoms with Gasteiger partial charge in [0.2, 0.25) is 0 Å². The first-order chi connectivity index (χ1) is 7.25. The van der Waals surface area contributed by atoms with Crippen LogP contribution in [0.4, 0.5) is 11.6 Å². The van der Waals surface area contributed by atoms with E-state index >= 15 is 0 Å². The number of nitrogens with two attached hydrogens (primary N) is 1. The van der Waals surface area contributed by atoms with E-state index in [-0.39, 0.29) is 0 Å². The summed E-state index contributed by atoms with van der Waals surface area (Å²) in [6, 6.07) is 1.83. The number of hydrogen-bond donors (Lipinski definition) is 1. The normalized spacial score (nSPS) is 16.9. The summed E-state index contributed by atoms with van der Waals surface area (Å²) in [7, 11) is 2.07. The first-order valence-electron chi connectivity index (χ1n) is 5.54. The molecule has 1 aromatic heterocycles. The van der Waals surface area contributed by atoms with Gasteiger partial charge in [-0.15, -0.1) is 0 Å². The summed E-state index contributed by atoms with van der Waals surface area (Å²) in [5.41, 5.74) is 5.63. The van der Waals surface area contributed by atoms with Gasteiger partial charge < -0.3 is 10.6 Å². The lowest BCUT2D eigenvalue weighted by molar-refractivity contribution is 0.545. The zero-order valence-electron chi connectivity index (χ0n) is 9.19. The number of hydrogen-bond acceptors (Lipinski definition) is 4. The van der Waals surface area contributed by atoms with E-state index in [1.807, 2.05) is 6.07 Å². The van der Waals surface area contributed by atoms with Gasteiger partial charge in [-0.05, 0) is 18.8 Å². The molecule has 1 aliphatic rings. The van der Waals surface area contributed by atoms with Crippen molar-refractivity contribution in [2.75, 3.05) is 24.2 Å². The topological polar surface area (TPSA) is 55.0 Å². The second-order valence-electron chi connectivity index (χ2n) is 4.33. The molecule has 0 radical (unpaired) electrons. The highest BCUT2D eigenvalue weighted by Gasteiger charge is 2.17. The third kappa shape index (κ3) is 2.58. The van der Waals surface area contributed by atoms with Crippen LogP contribution in [0.1, 0.15) is 25.7 Å². The van der Waals surface area contributed by atoms with E-state index in [9.17, 15) is 0 Å². The minimum Gasteiger partial charge on any atom is -0.384 e. The van der Waals surface area contributed by atoms with Crippen molar-refractivity contribution in [3.05, 3.63) is 12.4 Å². The third-order valence-corrected chi connectivity index (χ3v) is 3.07. The minimum absolute atomic E-state index is 0.540. The van der Waals surface area contributed by atoms with Crippen molar-refractivity contribution < 1.29 is 0 Å². The summed E-state index contributed by atoms with van der Waals surface area (Å²) in [6.45, 7) is 1.08. The SMILES string of the molecule is CN(CC1CCCC1)c1cc(N)ncn1. The van der Waals surface area contributed by atoms with Gasteiger partial charge in [0.15, 0.2) is 0 Å². The Kier molecular flexibility index (Phi) is 3.04. The molecule has 0 unspecified atom stereocenters. The standard InChI is InChI=1S/C11H18N4/c1-15(7-9-4-2-3-5-9)11-6-10(12)13-8-14-11/h6,8-9H,2-5,7H2,1H3,(H2,12,13,14). The summed E-state index contributed by atoms with van der Waals surface area (Å²) in [5, 5.41) is 0. The van der Waals surface area contributed by atoms with Crippen LogP contribution in [-0.2, 0) is 0 Å². The van der Waals surface area contributed by atoms with Crippen LogP contribution in [0.2, 0.25) is 0 Å². The van der Waals surface area contributed by atoms with Crippen LogP contribution in [0.5, 0.6) is 0 Å². The van der Waals surface area contributed by atoms with Crippen molar-refractivity contribution in [3.63, 3.8) is 0 Å². The number of nitrogen functional groups attached to an aromatic ring is 1. The molecule has 0 aromatic carbocycles. The second kappa shape index (κ2) is 4.47. The van der Waals surface area contributed by atoms with Gasteiger partial charge in [-0.3, -0.25) is 0 Å². The summed E-state index contributed by atoms with van der Waals surface area (Å²) < 4.78 is 0. The first kappa shape index (κ1) is 10.2. The molecule has 4 heteroatoms. The maximum absolute atomic E-state index is 5.63. The van der Waals surface area contributed by atoms with E-state index in [0.29, 0.717) is 5.82 Å². The predicted molar refractivity (Wildman–Crippen MR) is 61.7 cm³/mol. The van der Waals surface area contributed by atoms with Crippen molar-refractivity contribution in [2.45, 2.75) is 25.7 Å². The summed E-state index contributed by atoms with van der Waals surface area (Å²) in [4.78, 5) is 10.3. The molecule has 82 valence electrons. The average Bonchev–Trinajstić information content (AvgIpc) is 2.70. The van der Waals surface area contributed by atoms with Gasteiger partial charge in [-0.1, -0.05) is 12.8 Å². The van der Waals surface area contributed by atoms with Crippen molar-refractivity contribution in [1.29, 1.82) is 0 Å². The van der Waals surface area contributed by atoms with E-state index in [1.165, 1.54) is 32.0 Å². The molecule has 0 saturated heterocycles. The largest absolute Gasteiger partial charge is 0.384 e. The fourth-order valence-electron chi connectivity index (χ4n) is 2.24. The first-order valence-corrected chi connectivity index (χ1v) is 5.54. The van der Waals surface area contributed by atoms with E-state index in [4.69, 9.17) is 5.73 Å². The Morgan fingerprint density at radius 1 is 1.40 bits per heavy atom. The monoisotopic (exact) mass is 206 g/mol. The van der Waals surface area contributed by atoms with Gasteiger partial charge in [0.1, 0.15) is 18.0 Å². The van der Waals surface area contributed by atoms with Crippen molar-refractivity contribution in [1.82, 2.24) is 9.97 Å². The third-order valence-electron chi connectivity index (χ3n) is 3.07. The van der Waals surface area contributed by atoms with Crippen LogP contribution in [0.25, 0.3) is 0 Å². The molecular formula is C11H18N4. The molecule has 0 atom stereocenters. The fraction of sp³-hybridized carbons (Fsp3) is 0.636. The van der Waals surface area contributed by atoms with Crippen LogP contribution in [0, 0.1) is 5.92 Å². The molecule has 2 rings (SSSR count). The smallest absolute Gasteiger partial charge is 0.133 e. The minimum atomic E-state index is 0.540. The quantitative estimate of drug-likeness (QED) is 0.817. The van der Waals surface area contributed by atoms with Crippen LogP contribution in [0.3, 0.4) is 0 Å². The lowest BCUT2D eigenvalue weighted by Crippen LogP contribution is -2.25. The van der Waals surface area contributed by atoms with E-state index < -0.39 is 0 Å². The zero-order valence-corrected chi connectivity index (χ0v) is 9.19. The highest BCUT2D eigenvalue weighted by molar-refractivity contribution is 5.45. The van der Waals surface area contributed by atoms with Gasteiger partial charge in [0.05, 0.1) is 0 Å². The Balaban J connectivity index is 1.97. The predicted octanol–water partition coefficient (Wildman–Crippen LogP) is 1.69. The molecule has 1 fully saturated rings. The van der Waals surface area contributed by atoms with Crippen LogP contribution in [-0.4, -0.2) is 23.6 Å². The van der Waals surface area contributed by atoms with E-state index in [0.717, 1.165) is 18.3 Å². The average molecular weight is 206 g/mol. The lowest BCUT2D eigenvalue weighted by atomic mass is 10.1. The molecule has 0 amide bonds. The van der Waals surface area contributed by atoms with Crippen LogP contribution >= 0.6 is 0 Å². The van der Waals surface area contributed by atoms with Crippen molar-refractivity contribution in [3.8, 4) is 0 Å². The summed E-state index contributed by atoms with van der Waals surface area (Å²) in [6.07, 6.45) is 6.99. The van der Waals surface area contributed by atoms with Crippen LogP contribution < -0.4 is 10.6 Å². The van der Waals surface area contributed by atoms with E-state index in [1.54, 1.807) is 0 Å². The molecule has 1 aromatic rings. The van der Waals surface area contributed by atoms with Crippen molar-refractivity contribution >= 4 is 11.6 Å². The highest BCUT2D eigenvalue weighted by Crippen LogP contribution is 2.26. The van der Waals surface area contributed by atoms with Gasteiger partial charge >= 0.3 is 0 Å². The Labute approximate surface area is 90.5 Å². The van der Waals surface area contributed by atoms with Gasteiger partial charge in [0.25, 0.3) is 0 Å². The molecule has 1 heterocycles. The highest BCUT2D eigenvalue weighted by atomic mass is 15.2. The Bertz CT molecular complexity index is 320. The summed E-state index contributed by atoms with van der Waals surface area (Å²) >= 11 is 0. The van der Waals surface area contributed by atoms with Crippen LogP contribution in [0.15, 0.2) is 12.4 Å². The number of aromatic nitrogens is 2. The number of nitrogens with zero attached hydrogens (tertiary/aromatic N) is 3. The molecular weight excluding hydrogens is 188 g/mol. The molecule has 0 bridgehead atoms. The molecule has 2 N–H and O–H groups in total. The van der Waals surface area contributed by atoms with Gasteiger partial charge in [-0.2, -0.15) is 0 Å². The fourth-order valence-corrected chi connectivity index (χ4v) is 2.24. The Morgan fingerprint density at radius 2 is 2.13 bits per heavy atom. The van der Waals surface area contributed by atoms with E-state index in [2.05, 4.69) is 21.9 Å². The number of anilines is 2. The Hall–Kier alpha value is -1.32. The molecule has 0 aliphatic heterocycles. The zero-order chi connectivity index (χ0) is 10.7. The number of rotatable bonds is 3. The lowest BCUT2D eigenvalue weighted by Gasteiger charge is -2.21. The summed E-state index contributed by atoms with van der Waals surface area (Å²) in [5.74, 6) is 2.29. The molecule has 1 aliphatic carbocycles.